The summed E-state index contributed by atoms with van der Waals surface area (Å²) < 4.78 is 0. The van der Waals surface area contributed by atoms with Gasteiger partial charge in [0.25, 0.3) is 0 Å². The molecule has 2 nitrogen and oxygen atoms in total. The number of likely N-dealkylation sites (tertiary alicyclic amines) is 1. The highest BCUT2D eigenvalue weighted by Gasteiger charge is 2.52. The van der Waals surface area contributed by atoms with E-state index in [1.54, 1.807) is 0 Å². The first-order chi connectivity index (χ1) is 6.82. The van der Waals surface area contributed by atoms with Gasteiger partial charge in [0.1, 0.15) is 0 Å². The minimum Gasteiger partial charge on any atom is -0.305 e. The molecule has 3 unspecified atom stereocenters. The Bertz CT molecular complexity index is 241. The second-order valence-electron chi connectivity index (χ2n) is 6.65. The normalized spacial score (nSPS) is 41.8. The van der Waals surface area contributed by atoms with E-state index in [1.165, 1.54) is 12.8 Å². The monoisotopic (exact) mass is 210 g/mol. The lowest BCUT2D eigenvalue weighted by Crippen LogP contribution is -2.57. The smallest absolute Gasteiger partial charge is 0.0262 e. The average Bonchev–Trinajstić information content (AvgIpc) is 2.57. The number of likely N-dealkylation sites (N-methyl/N-ethyl adjacent to an activating group) is 1. The van der Waals surface area contributed by atoms with E-state index >= 15 is 0 Å². The van der Waals surface area contributed by atoms with Gasteiger partial charge in [-0.05, 0) is 60.5 Å². The van der Waals surface area contributed by atoms with Crippen LogP contribution in [0.2, 0.25) is 0 Å². The molecular formula is C13H26N2. The minimum atomic E-state index is 0.327. The van der Waals surface area contributed by atoms with Crippen LogP contribution in [-0.4, -0.2) is 47.6 Å². The second-order valence-corrected chi connectivity index (χ2v) is 6.65. The summed E-state index contributed by atoms with van der Waals surface area (Å²) in [5.74, 6) is 0.932. The first-order valence-electron chi connectivity index (χ1n) is 6.27. The molecule has 88 valence electrons. The van der Waals surface area contributed by atoms with Gasteiger partial charge in [0.15, 0.2) is 0 Å². The van der Waals surface area contributed by atoms with Gasteiger partial charge in [-0.1, -0.05) is 0 Å². The summed E-state index contributed by atoms with van der Waals surface area (Å²) in [6.07, 6.45) is 2.83. The topological polar surface area (TPSA) is 6.48 Å². The zero-order valence-electron chi connectivity index (χ0n) is 11.1. The molecule has 2 bridgehead atoms. The highest BCUT2D eigenvalue weighted by molar-refractivity contribution is 5.08. The Morgan fingerprint density at radius 3 is 2.13 bits per heavy atom. The second kappa shape index (κ2) is 3.46. The average molecular weight is 210 g/mol. The molecule has 4 atom stereocenters. The summed E-state index contributed by atoms with van der Waals surface area (Å²) in [4.78, 5) is 5.18. The van der Waals surface area contributed by atoms with Crippen molar-refractivity contribution in [2.24, 2.45) is 5.92 Å². The van der Waals surface area contributed by atoms with Crippen LogP contribution in [0.15, 0.2) is 0 Å². The molecule has 1 heterocycles. The Kier molecular flexibility index (Phi) is 2.63. The highest BCUT2D eigenvalue weighted by Crippen LogP contribution is 2.46. The number of hydrogen-bond acceptors (Lipinski definition) is 2. The van der Waals surface area contributed by atoms with Gasteiger partial charge in [-0.25, -0.2) is 0 Å². The molecule has 2 fully saturated rings. The highest BCUT2D eigenvalue weighted by atomic mass is 15.3. The minimum absolute atomic E-state index is 0.327. The summed E-state index contributed by atoms with van der Waals surface area (Å²) in [5, 5.41) is 0. The Balaban J connectivity index is 2.20. The van der Waals surface area contributed by atoms with Gasteiger partial charge in [0.2, 0.25) is 0 Å². The van der Waals surface area contributed by atoms with Crippen LogP contribution in [-0.2, 0) is 0 Å². The van der Waals surface area contributed by atoms with Crippen molar-refractivity contribution < 1.29 is 0 Å². The van der Waals surface area contributed by atoms with Gasteiger partial charge in [0, 0.05) is 23.7 Å². The zero-order valence-corrected chi connectivity index (χ0v) is 11.1. The zero-order chi connectivity index (χ0) is 11.4. The predicted octanol–water partition coefficient (Wildman–Crippen LogP) is 2.20. The molecule has 2 heteroatoms. The lowest BCUT2D eigenvalue weighted by Gasteiger charge is -2.47. The molecule has 2 aliphatic rings. The van der Waals surface area contributed by atoms with E-state index < -0.39 is 0 Å². The van der Waals surface area contributed by atoms with Crippen molar-refractivity contribution in [3.8, 4) is 0 Å². The molecule has 0 spiro atoms. The van der Waals surface area contributed by atoms with Gasteiger partial charge in [-0.2, -0.15) is 0 Å². The van der Waals surface area contributed by atoms with Gasteiger partial charge < -0.3 is 4.90 Å². The Morgan fingerprint density at radius 1 is 1.13 bits per heavy atom. The molecule has 0 N–H and O–H groups in total. The molecule has 1 aliphatic heterocycles. The maximum Gasteiger partial charge on any atom is 0.0262 e. The van der Waals surface area contributed by atoms with Crippen LogP contribution >= 0.6 is 0 Å². The third-order valence-corrected chi connectivity index (χ3v) is 4.45. The van der Waals surface area contributed by atoms with Crippen molar-refractivity contribution in [2.75, 3.05) is 14.1 Å². The third-order valence-electron chi connectivity index (χ3n) is 4.45. The van der Waals surface area contributed by atoms with Crippen LogP contribution < -0.4 is 0 Å². The van der Waals surface area contributed by atoms with Gasteiger partial charge in [0.05, 0.1) is 0 Å². The maximum atomic E-state index is 2.76. The van der Waals surface area contributed by atoms with E-state index in [0.717, 1.165) is 24.0 Å². The van der Waals surface area contributed by atoms with E-state index in [1.807, 2.05) is 0 Å². The Morgan fingerprint density at radius 2 is 1.73 bits per heavy atom. The molecule has 2 rings (SSSR count). The van der Waals surface area contributed by atoms with Crippen molar-refractivity contribution in [1.82, 2.24) is 9.80 Å². The molecule has 15 heavy (non-hydrogen) atoms. The van der Waals surface area contributed by atoms with Gasteiger partial charge in [-0.15, -0.1) is 0 Å². The first kappa shape index (κ1) is 11.4. The van der Waals surface area contributed by atoms with E-state index in [0.29, 0.717) is 5.54 Å². The Hall–Kier alpha value is -0.0800. The third kappa shape index (κ3) is 1.72. The Labute approximate surface area is 94.6 Å². The van der Waals surface area contributed by atoms with E-state index in [-0.39, 0.29) is 0 Å². The molecule has 1 aliphatic carbocycles. The number of piperidine rings is 1. The summed E-state index contributed by atoms with van der Waals surface area (Å²) in [6.45, 7) is 9.49. The molecule has 0 aromatic rings. The van der Waals surface area contributed by atoms with Crippen molar-refractivity contribution >= 4 is 0 Å². The maximum absolute atomic E-state index is 2.76. The molecule has 1 saturated heterocycles. The standard InChI is InChI=1S/C13H26N2/c1-9-10-7-11(14(5)6)12(8-10)15(9)13(2,3)4/h9-12H,7-8H2,1-6H3/t9-,10?,11?,12?/m1/s1. The fourth-order valence-corrected chi connectivity index (χ4v) is 3.92. The van der Waals surface area contributed by atoms with Crippen LogP contribution in [0, 0.1) is 5.92 Å². The number of hydrogen-bond donors (Lipinski definition) is 0. The van der Waals surface area contributed by atoms with Crippen LogP contribution in [0.4, 0.5) is 0 Å². The molecule has 0 amide bonds. The lowest BCUT2D eigenvalue weighted by molar-refractivity contribution is 0.0108. The summed E-state index contributed by atoms with van der Waals surface area (Å²) >= 11 is 0. The first-order valence-corrected chi connectivity index (χ1v) is 6.27. The molecule has 0 aromatic carbocycles. The number of rotatable bonds is 1. The number of fused-ring (bicyclic) bond motifs is 2. The largest absolute Gasteiger partial charge is 0.305 e. The van der Waals surface area contributed by atoms with Crippen molar-refractivity contribution in [3.05, 3.63) is 0 Å². The van der Waals surface area contributed by atoms with Crippen LogP contribution in [0.3, 0.4) is 0 Å². The molecule has 0 aromatic heterocycles. The predicted molar refractivity (Wildman–Crippen MR) is 65.0 cm³/mol. The fourth-order valence-electron chi connectivity index (χ4n) is 3.92. The van der Waals surface area contributed by atoms with Crippen LogP contribution in [0.5, 0.6) is 0 Å². The van der Waals surface area contributed by atoms with E-state index in [4.69, 9.17) is 0 Å². The fraction of sp³-hybridized carbons (Fsp3) is 1.00. The van der Waals surface area contributed by atoms with E-state index in [9.17, 15) is 0 Å². The lowest BCUT2D eigenvalue weighted by atomic mass is 9.92. The molecular weight excluding hydrogens is 184 g/mol. The van der Waals surface area contributed by atoms with Gasteiger partial charge in [-0.3, -0.25) is 4.90 Å². The van der Waals surface area contributed by atoms with Crippen molar-refractivity contribution in [2.45, 2.75) is 64.2 Å². The SMILES string of the molecule is C[C@@H]1C2CC(N(C)C)C(C2)N1C(C)(C)C. The summed E-state index contributed by atoms with van der Waals surface area (Å²) in [7, 11) is 4.47. The van der Waals surface area contributed by atoms with Crippen LogP contribution in [0.25, 0.3) is 0 Å². The molecule has 0 radical (unpaired) electrons. The van der Waals surface area contributed by atoms with Crippen molar-refractivity contribution in [1.29, 1.82) is 0 Å². The van der Waals surface area contributed by atoms with Crippen molar-refractivity contribution in [3.63, 3.8) is 0 Å². The summed E-state index contributed by atoms with van der Waals surface area (Å²) in [5.41, 5.74) is 0.327. The van der Waals surface area contributed by atoms with Crippen LogP contribution in [0.1, 0.15) is 40.5 Å². The summed E-state index contributed by atoms with van der Waals surface area (Å²) in [6, 6.07) is 2.36. The molecule has 1 saturated carbocycles. The number of nitrogens with zero attached hydrogens (tertiary/aromatic N) is 2. The van der Waals surface area contributed by atoms with Gasteiger partial charge >= 0.3 is 0 Å². The quantitative estimate of drug-likeness (QED) is 0.654. The van der Waals surface area contributed by atoms with E-state index in [2.05, 4.69) is 51.6 Å².